The van der Waals surface area contributed by atoms with Gasteiger partial charge in [-0.25, -0.2) is 0 Å². The van der Waals surface area contributed by atoms with Gasteiger partial charge in [0.25, 0.3) is 5.56 Å². The average Bonchev–Trinajstić information content (AvgIpc) is 2.56. The second kappa shape index (κ2) is 8.77. The van der Waals surface area contributed by atoms with E-state index in [1.54, 1.807) is 12.0 Å². The molecule has 130 valence electrons. The Hall–Kier alpha value is -1.96. The Bertz CT molecular complexity index is 760. The van der Waals surface area contributed by atoms with Crippen LogP contribution >= 0.6 is 12.2 Å². The lowest BCUT2D eigenvalue weighted by molar-refractivity contribution is 0.201. The largest absolute Gasteiger partial charge is 0.395 e. The molecule has 24 heavy (non-hydrogen) atoms. The van der Waals surface area contributed by atoms with Gasteiger partial charge in [0.2, 0.25) is 0 Å². The summed E-state index contributed by atoms with van der Waals surface area (Å²) in [6, 6.07) is 7.77. The van der Waals surface area contributed by atoms with Crippen LogP contribution in [0, 0.1) is 6.92 Å². The Morgan fingerprint density at radius 1 is 1.46 bits per heavy atom. The van der Waals surface area contributed by atoms with Crippen LogP contribution in [0.25, 0.3) is 10.9 Å². The standard InChI is InChI=1S/C17H23N3O3S/c1-12-4-3-5-13-10-14(16(22)19-15(12)13)11-20(7-8-21)17(24)18-6-9-23-2/h3-5,10,21H,6-9,11H2,1-2H3,(H,18,24)(H,19,22). The summed E-state index contributed by atoms with van der Waals surface area (Å²) in [7, 11) is 1.62. The van der Waals surface area contributed by atoms with Crippen molar-refractivity contribution in [3.63, 3.8) is 0 Å². The Balaban J connectivity index is 2.22. The molecule has 0 spiro atoms. The van der Waals surface area contributed by atoms with Crippen molar-refractivity contribution in [1.29, 1.82) is 0 Å². The first-order valence-electron chi connectivity index (χ1n) is 7.81. The molecule has 1 aromatic heterocycles. The lowest BCUT2D eigenvalue weighted by atomic mass is 10.1. The van der Waals surface area contributed by atoms with Crippen molar-refractivity contribution in [2.75, 3.05) is 33.4 Å². The summed E-state index contributed by atoms with van der Waals surface area (Å²) in [6.07, 6.45) is 0. The minimum absolute atomic E-state index is 0.0449. The summed E-state index contributed by atoms with van der Waals surface area (Å²) in [5, 5.41) is 13.8. The van der Waals surface area contributed by atoms with E-state index in [2.05, 4.69) is 10.3 Å². The SMILES string of the molecule is COCCNC(=S)N(CCO)Cc1cc2cccc(C)c2[nH]c1=O. The van der Waals surface area contributed by atoms with E-state index in [1.807, 2.05) is 31.2 Å². The number of aryl methyl sites for hydroxylation is 1. The number of aliphatic hydroxyl groups is 1. The number of aliphatic hydroxyl groups excluding tert-OH is 1. The zero-order valence-corrected chi connectivity index (χ0v) is 14.8. The van der Waals surface area contributed by atoms with Crippen molar-refractivity contribution >= 4 is 28.2 Å². The zero-order chi connectivity index (χ0) is 17.5. The molecule has 1 heterocycles. The van der Waals surface area contributed by atoms with Gasteiger partial charge in [-0.15, -0.1) is 0 Å². The molecule has 0 fully saturated rings. The fraction of sp³-hybridized carbons (Fsp3) is 0.412. The fourth-order valence-electron chi connectivity index (χ4n) is 2.50. The van der Waals surface area contributed by atoms with Gasteiger partial charge in [-0.05, 0) is 36.2 Å². The molecular formula is C17H23N3O3S. The highest BCUT2D eigenvalue weighted by molar-refractivity contribution is 7.80. The highest BCUT2D eigenvalue weighted by Crippen LogP contribution is 2.15. The Morgan fingerprint density at radius 3 is 2.96 bits per heavy atom. The van der Waals surface area contributed by atoms with Crippen LogP contribution in [0.15, 0.2) is 29.1 Å². The molecule has 0 saturated carbocycles. The highest BCUT2D eigenvalue weighted by atomic mass is 32.1. The second-order valence-corrected chi connectivity index (χ2v) is 5.92. The summed E-state index contributed by atoms with van der Waals surface area (Å²) in [4.78, 5) is 17.1. The third-order valence-corrected chi connectivity index (χ3v) is 4.17. The minimum atomic E-state index is -0.139. The average molecular weight is 349 g/mol. The Labute approximate surface area is 146 Å². The van der Waals surface area contributed by atoms with Crippen LogP contribution < -0.4 is 10.9 Å². The summed E-state index contributed by atoms with van der Waals surface area (Å²) in [6.45, 7) is 3.71. The number of ether oxygens (including phenoxy) is 1. The van der Waals surface area contributed by atoms with Gasteiger partial charge in [0, 0.05) is 25.8 Å². The lowest BCUT2D eigenvalue weighted by Gasteiger charge is -2.25. The number of pyridine rings is 1. The number of para-hydroxylation sites is 1. The van der Waals surface area contributed by atoms with Gasteiger partial charge in [-0.3, -0.25) is 4.79 Å². The molecule has 3 N–H and O–H groups in total. The Morgan fingerprint density at radius 2 is 2.25 bits per heavy atom. The third kappa shape index (κ3) is 4.53. The number of nitrogens with one attached hydrogen (secondary N) is 2. The number of aromatic nitrogens is 1. The number of hydrogen-bond acceptors (Lipinski definition) is 4. The van der Waals surface area contributed by atoms with E-state index in [0.717, 1.165) is 16.5 Å². The van der Waals surface area contributed by atoms with E-state index in [9.17, 15) is 9.90 Å². The maximum absolute atomic E-state index is 12.4. The topological polar surface area (TPSA) is 77.6 Å². The van der Waals surface area contributed by atoms with Gasteiger partial charge in [0.1, 0.15) is 0 Å². The normalized spacial score (nSPS) is 10.8. The molecule has 0 amide bonds. The summed E-state index contributed by atoms with van der Waals surface area (Å²) in [5.74, 6) is 0. The predicted molar refractivity (Wildman–Crippen MR) is 99.3 cm³/mol. The van der Waals surface area contributed by atoms with Crippen molar-refractivity contribution in [2.45, 2.75) is 13.5 Å². The third-order valence-electron chi connectivity index (χ3n) is 3.77. The number of aromatic amines is 1. The van der Waals surface area contributed by atoms with Gasteiger partial charge in [-0.2, -0.15) is 0 Å². The first-order chi connectivity index (χ1) is 11.6. The molecule has 7 heteroatoms. The molecule has 2 aromatic rings. The van der Waals surface area contributed by atoms with Gasteiger partial charge >= 0.3 is 0 Å². The second-order valence-electron chi connectivity index (χ2n) is 5.53. The first kappa shape index (κ1) is 18.4. The van der Waals surface area contributed by atoms with Gasteiger partial charge in [0.15, 0.2) is 5.11 Å². The fourth-order valence-corrected chi connectivity index (χ4v) is 2.75. The van der Waals surface area contributed by atoms with Crippen LogP contribution in [0.1, 0.15) is 11.1 Å². The van der Waals surface area contributed by atoms with Gasteiger partial charge in [0.05, 0.1) is 25.3 Å². The van der Waals surface area contributed by atoms with E-state index in [1.165, 1.54) is 0 Å². The molecule has 0 aliphatic rings. The lowest BCUT2D eigenvalue weighted by Crippen LogP contribution is -2.42. The summed E-state index contributed by atoms with van der Waals surface area (Å²) >= 11 is 5.35. The molecule has 0 atom stereocenters. The van der Waals surface area contributed by atoms with E-state index >= 15 is 0 Å². The molecule has 2 rings (SSSR count). The van der Waals surface area contributed by atoms with Crippen LogP contribution in [0.2, 0.25) is 0 Å². The molecule has 1 aromatic carbocycles. The number of methoxy groups -OCH3 is 1. The molecule has 0 saturated heterocycles. The van der Waals surface area contributed by atoms with Crippen molar-refractivity contribution in [2.24, 2.45) is 0 Å². The van der Waals surface area contributed by atoms with Crippen molar-refractivity contribution in [3.8, 4) is 0 Å². The molecule has 0 aliphatic carbocycles. The van der Waals surface area contributed by atoms with E-state index < -0.39 is 0 Å². The molecular weight excluding hydrogens is 326 g/mol. The maximum atomic E-state index is 12.4. The number of fused-ring (bicyclic) bond motifs is 1. The molecule has 0 bridgehead atoms. The van der Waals surface area contributed by atoms with E-state index in [-0.39, 0.29) is 12.2 Å². The van der Waals surface area contributed by atoms with E-state index in [4.69, 9.17) is 17.0 Å². The molecule has 6 nitrogen and oxygen atoms in total. The number of benzene rings is 1. The number of nitrogens with zero attached hydrogens (tertiary/aromatic N) is 1. The highest BCUT2D eigenvalue weighted by Gasteiger charge is 2.13. The van der Waals surface area contributed by atoms with E-state index in [0.29, 0.717) is 36.9 Å². The number of hydrogen-bond donors (Lipinski definition) is 3. The van der Waals surface area contributed by atoms with Crippen molar-refractivity contribution < 1.29 is 9.84 Å². The molecule has 0 radical (unpaired) electrons. The predicted octanol–water partition coefficient (Wildman–Crippen LogP) is 1.15. The van der Waals surface area contributed by atoms with Crippen LogP contribution in [-0.2, 0) is 11.3 Å². The smallest absolute Gasteiger partial charge is 0.253 e. The number of H-pyrrole nitrogens is 1. The van der Waals surface area contributed by atoms with Gasteiger partial charge in [-0.1, -0.05) is 18.2 Å². The number of thiocarbonyl (C=S) groups is 1. The first-order valence-corrected chi connectivity index (χ1v) is 8.21. The van der Waals surface area contributed by atoms with Crippen molar-refractivity contribution in [3.05, 3.63) is 45.7 Å². The summed E-state index contributed by atoms with van der Waals surface area (Å²) < 4.78 is 4.98. The van der Waals surface area contributed by atoms with Crippen LogP contribution in [0.4, 0.5) is 0 Å². The van der Waals surface area contributed by atoms with Crippen LogP contribution in [0.5, 0.6) is 0 Å². The van der Waals surface area contributed by atoms with Crippen molar-refractivity contribution in [1.82, 2.24) is 15.2 Å². The molecule has 0 unspecified atom stereocenters. The molecule has 0 aliphatic heterocycles. The summed E-state index contributed by atoms with van der Waals surface area (Å²) in [5.41, 5.74) is 2.35. The minimum Gasteiger partial charge on any atom is -0.395 e. The zero-order valence-electron chi connectivity index (χ0n) is 14.0. The van der Waals surface area contributed by atoms with Crippen LogP contribution in [-0.4, -0.2) is 53.5 Å². The number of rotatable bonds is 7. The maximum Gasteiger partial charge on any atom is 0.253 e. The van der Waals surface area contributed by atoms with Crippen LogP contribution in [0.3, 0.4) is 0 Å². The Kier molecular flexibility index (Phi) is 6.72. The quantitative estimate of drug-likeness (QED) is 0.514. The monoisotopic (exact) mass is 349 g/mol. The van der Waals surface area contributed by atoms with Gasteiger partial charge < -0.3 is 25.0 Å².